The minimum absolute atomic E-state index is 0.0861. The quantitative estimate of drug-likeness (QED) is 0.385. The number of carbonyl (C=O) groups excluding carboxylic acids is 1. The van der Waals surface area contributed by atoms with E-state index in [0.29, 0.717) is 33.4 Å². The Bertz CT molecular complexity index is 1160. The molecule has 3 aromatic rings. The summed E-state index contributed by atoms with van der Waals surface area (Å²) >= 11 is 7.13. The van der Waals surface area contributed by atoms with E-state index in [1.165, 1.54) is 18.0 Å². The highest BCUT2D eigenvalue weighted by atomic mass is 35.5. The van der Waals surface area contributed by atoms with Gasteiger partial charge in [0, 0.05) is 32.4 Å². The van der Waals surface area contributed by atoms with E-state index in [2.05, 4.69) is 15.2 Å². The van der Waals surface area contributed by atoms with E-state index >= 15 is 0 Å². The molecule has 0 aliphatic carbocycles. The highest BCUT2D eigenvalue weighted by Gasteiger charge is 2.20. The van der Waals surface area contributed by atoms with Crippen molar-refractivity contribution in [1.29, 1.82) is 0 Å². The number of anilines is 1. The maximum Gasteiger partial charge on any atom is 0.262 e. The number of carbonyl (C=O) groups is 1. The second-order valence-corrected chi connectivity index (χ2v) is 9.53. The number of hydrogen-bond donors (Lipinski definition) is 1. The first kappa shape index (κ1) is 23.7. The van der Waals surface area contributed by atoms with E-state index in [9.17, 15) is 9.59 Å². The largest absolute Gasteiger partial charge is 0.379 e. The van der Waals surface area contributed by atoms with Crippen LogP contribution in [0.25, 0.3) is 10.9 Å². The molecule has 0 unspecified atom stereocenters. The van der Waals surface area contributed by atoms with Crippen molar-refractivity contribution in [3.05, 3.63) is 58.0 Å². The summed E-state index contributed by atoms with van der Waals surface area (Å²) in [5.41, 5.74) is 0.540. The van der Waals surface area contributed by atoms with Crippen molar-refractivity contribution in [3.63, 3.8) is 0 Å². The monoisotopic (exact) mass is 487 g/mol. The molecule has 2 aromatic heterocycles. The van der Waals surface area contributed by atoms with Gasteiger partial charge in [0.2, 0.25) is 5.91 Å². The van der Waals surface area contributed by atoms with E-state index in [4.69, 9.17) is 21.3 Å². The molecule has 1 aliphatic rings. The number of ether oxygens (including phenoxy) is 1. The molecule has 1 aromatic carbocycles. The molecule has 4 rings (SSSR count). The minimum atomic E-state index is -0.485. The van der Waals surface area contributed by atoms with Crippen LogP contribution in [0.3, 0.4) is 0 Å². The highest BCUT2D eigenvalue weighted by Crippen LogP contribution is 2.24. The number of halogens is 1. The number of thioether (sulfide) groups is 1. The molecule has 0 radical (unpaired) electrons. The molecular weight excluding hydrogens is 462 g/mol. The van der Waals surface area contributed by atoms with E-state index < -0.39 is 5.25 Å². The molecule has 0 spiro atoms. The van der Waals surface area contributed by atoms with E-state index in [1.54, 1.807) is 29.7 Å². The van der Waals surface area contributed by atoms with Crippen molar-refractivity contribution >= 4 is 46.0 Å². The summed E-state index contributed by atoms with van der Waals surface area (Å²) in [4.78, 5) is 37.2. The van der Waals surface area contributed by atoms with Gasteiger partial charge >= 0.3 is 0 Å². The van der Waals surface area contributed by atoms with Gasteiger partial charge in [-0.25, -0.2) is 9.97 Å². The van der Waals surface area contributed by atoms with Crippen LogP contribution in [-0.4, -0.2) is 63.4 Å². The van der Waals surface area contributed by atoms with Gasteiger partial charge in [0.25, 0.3) is 5.56 Å². The third kappa shape index (κ3) is 6.11. The normalized spacial score (nSPS) is 15.5. The van der Waals surface area contributed by atoms with Crippen LogP contribution in [0.15, 0.2) is 52.5 Å². The molecule has 1 atom stereocenters. The van der Waals surface area contributed by atoms with Crippen LogP contribution >= 0.6 is 23.4 Å². The standard InChI is InChI=1S/C23H26ClN5O3S/c1-16(21(30)27-20-8-7-17(24)15-25-20)33-23-26-19-6-3-2-5-18(19)22(31)29(23)10-4-9-28-11-13-32-14-12-28/h2-3,5-8,15-16H,4,9-14H2,1H3,(H,25,27,30)/t16-/m1/s1. The molecule has 174 valence electrons. The van der Waals surface area contributed by atoms with Crippen LogP contribution in [-0.2, 0) is 16.1 Å². The summed E-state index contributed by atoms with van der Waals surface area (Å²) < 4.78 is 7.10. The fourth-order valence-electron chi connectivity index (χ4n) is 3.60. The average Bonchev–Trinajstić information content (AvgIpc) is 2.83. The number of benzene rings is 1. The summed E-state index contributed by atoms with van der Waals surface area (Å²) in [7, 11) is 0. The minimum Gasteiger partial charge on any atom is -0.379 e. The Labute approximate surface area is 201 Å². The Kier molecular flexibility index (Phi) is 7.97. The molecule has 1 N–H and O–H groups in total. The first-order chi connectivity index (χ1) is 16.0. The lowest BCUT2D eigenvalue weighted by Crippen LogP contribution is -2.37. The van der Waals surface area contributed by atoms with Crippen LogP contribution < -0.4 is 10.9 Å². The van der Waals surface area contributed by atoms with Crippen LogP contribution in [0.2, 0.25) is 5.02 Å². The van der Waals surface area contributed by atoms with Crippen LogP contribution in [0, 0.1) is 0 Å². The van der Waals surface area contributed by atoms with Gasteiger partial charge in [0.05, 0.1) is 34.4 Å². The topological polar surface area (TPSA) is 89.4 Å². The van der Waals surface area contributed by atoms with E-state index in [0.717, 1.165) is 39.3 Å². The number of nitrogens with zero attached hydrogens (tertiary/aromatic N) is 4. The van der Waals surface area contributed by atoms with Crippen molar-refractivity contribution in [2.45, 2.75) is 30.3 Å². The Balaban J connectivity index is 1.51. The molecule has 1 saturated heterocycles. The zero-order chi connectivity index (χ0) is 23.2. The lowest BCUT2D eigenvalue weighted by molar-refractivity contribution is -0.115. The lowest BCUT2D eigenvalue weighted by Gasteiger charge is -2.26. The summed E-state index contributed by atoms with van der Waals surface area (Å²) in [6, 6.07) is 10.6. The Morgan fingerprint density at radius 3 is 2.76 bits per heavy atom. The molecule has 0 saturated carbocycles. The van der Waals surface area contributed by atoms with Crippen molar-refractivity contribution < 1.29 is 9.53 Å². The molecule has 8 nitrogen and oxygen atoms in total. The van der Waals surface area contributed by atoms with Gasteiger partial charge in [0.1, 0.15) is 5.82 Å². The number of nitrogens with one attached hydrogen (secondary N) is 1. The molecule has 1 aliphatic heterocycles. The SMILES string of the molecule is C[C@@H](Sc1nc2ccccc2c(=O)n1CCCN1CCOCC1)C(=O)Nc1ccc(Cl)cn1. The molecule has 0 bridgehead atoms. The molecule has 33 heavy (non-hydrogen) atoms. The van der Waals surface area contributed by atoms with Crippen molar-refractivity contribution in [3.8, 4) is 0 Å². The van der Waals surface area contributed by atoms with Gasteiger partial charge in [-0.15, -0.1) is 0 Å². The first-order valence-corrected chi connectivity index (χ1v) is 12.2. The average molecular weight is 488 g/mol. The number of para-hydroxylation sites is 1. The second-order valence-electron chi connectivity index (χ2n) is 7.79. The Morgan fingerprint density at radius 2 is 2.00 bits per heavy atom. The predicted octanol–water partition coefficient (Wildman–Crippen LogP) is 3.29. The van der Waals surface area contributed by atoms with Crippen LogP contribution in [0.5, 0.6) is 0 Å². The maximum absolute atomic E-state index is 13.3. The third-order valence-corrected chi connectivity index (χ3v) is 6.73. The van der Waals surface area contributed by atoms with Crippen LogP contribution in [0.4, 0.5) is 5.82 Å². The number of aromatic nitrogens is 3. The number of fused-ring (bicyclic) bond motifs is 1. The number of morpholine rings is 1. The lowest BCUT2D eigenvalue weighted by atomic mass is 10.2. The second kappa shape index (κ2) is 11.1. The maximum atomic E-state index is 13.3. The number of amides is 1. The number of rotatable bonds is 8. The van der Waals surface area contributed by atoms with Crippen molar-refractivity contribution in [2.24, 2.45) is 0 Å². The highest BCUT2D eigenvalue weighted by molar-refractivity contribution is 8.00. The summed E-state index contributed by atoms with van der Waals surface area (Å²) in [5.74, 6) is 0.198. The molecule has 1 fully saturated rings. The van der Waals surface area contributed by atoms with E-state index in [1.807, 2.05) is 18.2 Å². The molecular formula is C23H26ClN5O3S. The van der Waals surface area contributed by atoms with Gasteiger partial charge in [0.15, 0.2) is 5.16 Å². The zero-order valence-electron chi connectivity index (χ0n) is 18.4. The molecule has 1 amide bonds. The van der Waals surface area contributed by atoms with Crippen molar-refractivity contribution in [1.82, 2.24) is 19.4 Å². The Morgan fingerprint density at radius 1 is 1.21 bits per heavy atom. The van der Waals surface area contributed by atoms with Gasteiger partial charge in [-0.3, -0.25) is 19.1 Å². The van der Waals surface area contributed by atoms with Gasteiger partial charge in [-0.1, -0.05) is 35.5 Å². The fourth-order valence-corrected chi connectivity index (χ4v) is 4.65. The Hall–Kier alpha value is -2.46. The van der Waals surface area contributed by atoms with Gasteiger partial charge < -0.3 is 10.1 Å². The van der Waals surface area contributed by atoms with Crippen molar-refractivity contribution in [2.75, 3.05) is 38.2 Å². The van der Waals surface area contributed by atoms with Crippen LogP contribution in [0.1, 0.15) is 13.3 Å². The molecule has 10 heteroatoms. The van der Waals surface area contributed by atoms with Gasteiger partial charge in [-0.2, -0.15) is 0 Å². The predicted molar refractivity (Wildman–Crippen MR) is 131 cm³/mol. The fraction of sp³-hybridized carbons (Fsp3) is 0.391. The first-order valence-electron chi connectivity index (χ1n) is 10.9. The smallest absolute Gasteiger partial charge is 0.262 e. The summed E-state index contributed by atoms with van der Waals surface area (Å²) in [6.45, 7) is 6.50. The zero-order valence-corrected chi connectivity index (χ0v) is 19.9. The third-order valence-electron chi connectivity index (χ3n) is 5.42. The summed E-state index contributed by atoms with van der Waals surface area (Å²) in [6.07, 6.45) is 2.29. The number of pyridine rings is 1. The molecule has 3 heterocycles. The number of hydrogen-bond acceptors (Lipinski definition) is 7. The van der Waals surface area contributed by atoms with E-state index in [-0.39, 0.29) is 11.5 Å². The summed E-state index contributed by atoms with van der Waals surface area (Å²) in [5, 5.41) is 3.91. The van der Waals surface area contributed by atoms with Gasteiger partial charge in [-0.05, 0) is 37.6 Å².